The molecule has 6 aromatic carbocycles. The van der Waals surface area contributed by atoms with E-state index in [9.17, 15) is 0 Å². The van der Waals surface area contributed by atoms with E-state index in [0.29, 0.717) is 6.04 Å². The summed E-state index contributed by atoms with van der Waals surface area (Å²) in [4.78, 5) is 0. The minimum absolute atomic E-state index is 0.387. The fraction of sp³-hybridized carbons (Fsp3) is 0.100. The zero-order valence-electron chi connectivity index (χ0n) is 23.4. The van der Waals surface area contributed by atoms with E-state index in [4.69, 9.17) is 0 Å². The number of para-hydroxylation sites is 1. The number of aromatic nitrogens is 1. The molecule has 1 aliphatic rings. The molecule has 0 saturated carbocycles. The van der Waals surface area contributed by atoms with Crippen LogP contribution in [0.15, 0.2) is 146 Å². The standard InChI is InChI=1S/C40H31N/c1-27(2)41-38-20-12-10-18-34(38)35-25-28(22-24-39(35)41)29-21-23-33-32-17-9-11-19-36(32)40(37(33)26-29,30-13-5-3-6-14-30)31-15-7-4-8-16-31/h3-27H,1-2H3. The van der Waals surface area contributed by atoms with E-state index < -0.39 is 0 Å². The first kappa shape index (κ1) is 24.0. The summed E-state index contributed by atoms with van der Waals surface area (Å²) in [5.74, 6) is 0. The maximum absolute atomic E-state index is 2.46. The lowest BCUT2D eigenvalue weighted by Crippen LogP contribution is -2.28. The van der Waals surface area contributed by atoms with E-state index in [1.165, 1.54) is 66.3 Å². The first-order valence-electron chi connectivity index (χ1n) is 14.6. The van der Waals surface area contributed by atoms with Crippen molar-refractivity contribution in [3.63, 3.8) is 0 Å². The van der Waals surface area contributed by atoms with Crippen molar-refractivity contribution in [2.24, 2.45) is 0 Å². The Morgan fingerprint density at radius 2 is 1.02 bits per heavy atom. The highest BCUT2D eigenvalue weighted by Crippen LogP contribution is 2.56. The van der Waals surface area contributed by atoms with Crippen LogP contribution in [-0.2, 0) is 5.41 Å². The average Bonchev–Trinajstić information content (AvgIpc) is 3.52. The molecule has 1 aromatic heterocycles. The van der Waals surface area contributed by atoms with E-state index >= 15 is 0 Å². The highest BCUT2D eigenvalue weighted by Gasteiger charge is 2.46. The largest absolute Gasteiger partial charge is 0.338 e. The molecule has 7 aromatic rings. The van der Waals surface area contributed by atoms with Crippen molar-refractivity contribution in [1.82, 2.24) is 4.57 Å². The Labute approximate surface area is 241 Å². The third-order valence-electron chi connectivity index (χ3n) is 9.02. The maximum Gasteiger partial charge on any atom is 0.0713 e. The molecule has 0 unspecified atom stereocenters. The lowest BCUT2D eigenvalue weighted by molar-refractivity contribution is 0.642. The fourth-order valence-electron chi connectivity index (χ4n) is 7.36. The van der Waals surface area contributed by atoms with E-state index in [2.05, 4.69) is 164 Å². The fourth-order valence-corrected chi connectivity index (χ4v) is 7.36. The van der Waals surface area contributed by atoms with Gasteiger partial charge in [0, 0.05) is 27.8 Å². The summed E-state index contributed by atoms with van der Waals surface area (Å²) < 4.78 is 2.46. The molecule has 0 radical (unpaired) electrons. The summed E-state index contributed by atoms with van der Waals surface area (Å²) in [5, 5.41) is 2.63. The van der Waals surface area contributed by atoms with Crippen molar-refractivity contribution in [3.8, 4) is 22.3 Å². The van der Waals surface area contributed by atoms with E-state index in [1.54, 1.807) is 0 Å². The van der Waals surface area contributed by atoms with Crippen LogP contribution in [-0.4, -0.2) is 4.57 Å². The Morgan fingerprint density at radius 1 is 0.463 bits per heavy atom. The highest BCUT2D eigenvalue weighted by molar-refractivity contribution is 6.09. The van der Waals surface area contributed by atoms with Gasteiger partial charge in [0.05, 0.1) is 5.41 Å². The molecule has 41 heavy (non-hydrogen) atoms. The number of fused-ring (bicyclic) bond motifs is 6. The maximum atomic E-state index is 2.46. The molecule has 196 valence electrons. The molecule has 0 N–H and O–H groups in total. The third kappa shape index (κ3) is 3.36. The Hall–Kier alpha value is -4.88. The molecule has 0 atom stereocenters. The summed E-state index contributed by atoms with van der Waals surface area (Å²) in [7, 11) is 0. The topological polar surface area (TPSA) is 4.93 Å². The van der Waals surface area contributed by atoms with Crippen molar-refractivity contribution >= 4 is 21.8 Å². The molecule has 0 aliphatic heterocycles. The van der Waals surface area contributed by atoms with Gasteiger partial charge in [-0.05, 0) is 82.6 Å². The van der Waals surface area contributed by atoms with Crippen LogP contribution in [0.1, 0.15) is 42.1 Å². The van der Waals surface area contributed by atoms with Gasteiger partial charge in [-0.1, -0.05) is 121 Å². The molecule has 1 heteroatoms. The van der Waals surface area contributed by atoms with Crippen LogP contribution in [0.5, 0.6) is 0 Å². The predicted octanol–water partition coefficient (Wildman–Crippen LogP) is 10.4. The van der Waals surface area contributed by atoms with Crippen LogP contribution < -0.4 is 0 Å². The Bertz CT molecular complexity index is 2020. The van der Waals surface area contributed by atoms with Gasteiger partial charge in [-0.25, -0.2) is 0 Å². The zero-order chi connectivity index (χ0) is 27.6. The lowest BCUT2D eigenvalue weighted by Gasteiger charge is -2.34. The monoisotopic (exact) mass is 525 g/mol. The number of rotatable bonds is 4. The van der Waals surface area contributed by atoms with E-state index in [1.807, 2.05) is 0 Å². The Balaban J connectivity index is 1.41. The smallest absolute Gasteiger partial charge is 0.0713 e. The van der Waals surface area contributed by atoms with Crippen LogP contribution in [0.2, 0.25) is 0 Å². The molecule has 0 bridgehead atoms. The number of hydrogen-bond donors (Lipinski definition) is 0. The van der Waals surface area contributed by atoms with Crippen LogP contribution in [0.3, 0.4) is 0 Å². The van der Waals surface area contributed by atoms with Crippen molar-refractivity contribution < 1.29 is 0 Å². The Morgan fingerprint density at radius 3 is 1.76 bits per heavy atom. The zero-order valence-corrected chi connectivity index (χ0v) is 23.4. The van der Waals surface area contributed by atoms with Crippen LogP contribution in [0, 0.1) is 0 Å². The molecule has 1 aliphatic carbocycles. The molecular formula is C40H31N. The minimum atomic E-state index is -0.387. The van der Waals surface area contributed by atoms with Gasteiger partial charge in [-0.15, -0.1) is 0 Å². The SMILES string of the molecule is CC(C)n1c2ccccc2c2cc(-c3ccc4c(c3)C(c3ccccc3)(c3ccccc3)c3ccccc3-4)ccc21. The van der Waals surface area contributed by atoms with Crippen molar-refractivity contribution in [3.05, 3.63) is 168 Å². The highest BCUT2D eigenvalue weighted by atomic mass is 15.0. The third-order valence-corrected chi connectivity index (χ3v) is 9.02. The first-order valence-corrected chi connectivity index (χ1v) is 14.6. The lowest BCUT2D eigenvalue weighted by atomic mass is 9.67. The van der Waals surface area contributed by atoms with Crippen LogP contribution in [0.4, 0.5) is 0 Å². The first-order chi connectivity index (χ1) is 20.2. The molecule has 1 nitrogen and oxygen atoms in total. The van der Waals surface area contributed by atoms with Crippen molar-refractivity contribution in [2.45, 2.75) is 25.3 Å². The second kappa shape index (κ2) is 9.08. The van der Waals surface area contributed by atoms with Gasteiger partial charge >= 0.3 is 0 Å². The quantitative estimate of drug-likeness (QED) is 0.215. The molecule has 1 heterocycles. The van der Waals surface area contributed by atoms with Gasteiger partial charge in [0.15, 0.2) is 0 Å². The number of hydrogen-bond acceptors (Lipinski definition) is 0. The second-order valence-electron chi connectivity index (χ2n) is 11.5. The normalized spacial score (nSPS) is 13.5. The average molecular weight is 526 g/mol. The van der Waals surface area contributed by atoms with Crippen LogP contribution in [0.25, 0.3) is 44.1 Å². The molecule has 8 rings (SSSR count). The molecular weight excluding hydrogens is 494 g/mol. The molecule has 0 fully saturated rings. The predicted molar refractivity (Wildman–Crippen MR) is 173 cm³/mol. The summed E-state index contributed by atoms with van der Waals surface area (Å²) >= 11 is 0. The van der Waals surface area contributed by atoms with Gasteiger partial charge in [0.25, 0.3) is 0 Å². The number of benzene rings is 6. The van der Waals surface area contributed by atoms with E-state index in [-0.39, 0.29) is 5.41 Å². The molecule has 0 amide bonds. The molecule has 0 spiro atoms. The Kier molecular flexibility index (Phi) is 5.30. The van der Waals surface area contributed by atoms with Crippen LogP contribution >= 0.6 is 0 Å². The second-order valence-corrected chi connectivity index (χ2v) is 11.5. The summed E-state index contributed by atoms with van der Waals surface area (Å²) in [5.41, 5.74) is 12.6. The van der Waals surface area contributed by atoms with E-state index in [0.717, 1.165) is 0 Å². The van der Waals surface area contributed by atoms with Gasteiger partial charge in [-0.3, -0.25) is 0 Å². The van der Waals surface area contributed by atoms with Crippen molar-refractivity contribution in [1.29, 1.82) is 0 Å². The van der Waals surface area contributed by atoms with Gasteiger partial charge < -0.3 is 4.57 Å². The summed E-state index contributed by atoms with van der Waals surface area (Å²) in [6.45, 7) is 4.54. The summed E-state index contributed by atoms with van der Waals surface area (Å²) in [6, 6.07) is 54.3. The van der Waals surface area contributed by atoms with Gasteiger partial charge in [0.1, 0.15) is 0 Å². The summed E-state index contributed by atoms with van der Waals surface area (Å²) in [6.07, 6.45) is 0. The van der Waals surface area contributed by atoms with Gasteiger partial charge in [0.2, 0.25) is 0 Å². The van der Waals surface area contributed by atoms with Crippen molar-refractivity contribution in [2.75, 3.05) is 0 Å². The number of nitrogens with zero attached hydrogens (tertiary/aromatic N) is 1. The minimum Gasteiger partial charge on any atom is -0.338 e. The molecule has 0 saturated heterocycles. The van der Waals surface area contributed by atoms with Gasteiger partial charge in [-0.2, -0.15) is 0 Å².